The van der Waals surface area contributed by atoms with Crippen LogP contribution in [-0.2, 0) is 9.59 Å². The van der Waals surface area contributed by atoms with E-state index in [0.717, 1.165) is 24.8 Å². The standard InChI is InChI=1S/C16H25NO3/c1-10-14(16(19)20)3-2-6-17(10)15(18)9-13-8-11-4-5-12(13)7-11/h10-14H,2-9H2,1H3,(H,19,20)/t10-,11?,12?,13?,14-/m1/s1. The minimum absolute atomic E-state index is 0.146. The molecule has 20 heavy (non-hydrogen) atoms. The molecule has 112 valence electrons. The third kappa shape index (κ3) is 2.45. The molecule has 3 rings (SSSR count). The van der Waals surface area contributed by atoms with Gasteiger partial charge in [-0.2, -0.15) is 0 Å². The molecule has 0 spiro atoms. The van der Waals surface area contributed by atoms with E-state index in [1.54, 1.807) is 0 Å². The molecule has 3 fully saturated rings. The van der Waals surface area contributed by atoms with Crippen LogP contribution in [0.1, 0.15) is 51.9 Å². The Morgan fingerprint density at radius 1 is 1.20 bits per heavy atom. The Morgan fingerprint density at radius 3 is 2.60 bits per heavy atom. The van der Waals surface area contributed by atoms with Crippen LogP contribution >= 0.6 is 0 Å². The maximum Gasteiger partial charge on any atom is 0.308 e. The first kappa shape index (κ1) is 13.9. The van der Waals surface area contributed by atoms with Gasteiger partial charge in [0.2, 0.25) is 5.91 Å². The number of hydrogen-bond donors (Lipinski definition) is 1. The van der Waals surface area contributed by atoms with Crippen LogP contribution in [0.5, 0.6) is 0 Å². The summed E-state index contributed by atoms with van der Waals surface area (Å²) in [4.78, 5) is 25.6. The van der Waals surface area contributed by atoms with E-state index in [9.17, 15) is 14.7 Å². The van der Waals surface area contributed by atoms with Gasteiger partial charge in [-0.05, 0) is 56.8 Å². The Labute approximate surface area is 120 Å². The summed E-state index contributed by atoms with van der Waals surface area (Å²) >= 11 is 0. The fourth-order valence-electron chi connectivity index (χ4n) is 4.79. The lowest BCUT2D eigenvalue weighted by Crippen LogP contribution is -2.49. The molecule has 2 saturated carbocycles. The van der Waals surface area contributed by atoms with Crippen molar-refractivity contribution < 1.29 is 14.7 Å². The molecule has 3 unspecified atom stereocenters. The van der Waals surface area contributed by atoms with Crippen molar-refractivity contribution in [2.75, 3.05) is 6.54 Å². The SMILES string of the molecule is C[C@@H]1[C@H](C(=O)O)CCCN1C(=O)CC1CC2CCC1C2. The topological polar surface area (TPSA) is 57.6 Å². The fourth-order valence-corrected chi connectivity index (χ4v) is 4.79. The fraction of sp³-hybridized carbons (Fsp3) is 0.875. The lowest BCUT2D eigenvalue weighted by molar-refractivity contribution is -0.149. The molecule has 5 atom stereocenters. The second-order valence-electron chi connectivity index (χ2n) is 7.05. The van der Waals surface area contributed by atoms with Crippen LogP contribution < -0.4 is 0 Å². The summed E-state index contributed by atoms with van der Waals surface area (Å²) in [7, 11) is 0. The average Bonchev–Trinajstić information content (AvgIpc) is 3.00. The molecular formula is C16H25NO3. The van der Waals surface area contributed by atoms with Crippen LogP contribution in [0.3, 0.4) is 0 Å². The van der Waals surface area contributed by atoms with Crippen LogP contribution in [0.15, 0.2) is 0 Å². The van der Waals surface area contributed by atoms with Crippen molar-refractivity contribution in [3.63, 3.8) is 0 Å². The molecule has 0 aromatic rings. The lowest BCUT2D eigenvalue weighted by atomic mass is 9.85. The van der Waals surface area contributed by atoms with Crippen LogP contribution in [0, 0.1) is 23.7 Å². The van der Waals surface area contributed by atoms with Gasteiger partial charge in [0, 0.05) is 19.0 Å². The maximum atomic E-state index is 12.5. The number of carbonyl (C=O) groups excluding carboxylic acids is 1. The van der Waals surface area contributed by atoms with Crippen molar-refractivity contribution >= 4 is 11.9 Å². The van der Waals surface area contributed by atoms with Crippen molar-refractivity contribution in [3.8, 4) is 0 Å². The Bertz CT molecular complexity index is 409. The highest BCUT2D eigenvalue weighted by Gasteiger charge is 2.42. The first-order chi connectivity index (χ1) is 9.56. The highest BCUT2D eigenvalue weighted by Crippen LogP contribution is 2.49. The number of rotatable bonds is 3. The smallest absolute Gasteiger partial charge is 0.308 e. The molecular weight excluding hydrogens is 254 g/mol. The monoisotopic (exact) mass is 279 g/mol. The summed E-state index contributed by atoms with van der Waals surface area (Å²) < 4.78 is 0. The molecule has 1 amide bonds. The van der Waals surface area contributed by atoms with Gasteiger partial charge in [-0.1, -0.05) is 6.42 Å². The Morgan fingerprint density at radius 2 is 2.00 bits per heavy atom. The average molecular weight is 279 g/mol. The summed E-state index contributed by atoms with van der Waals surface area (Å²) in [6.45, 7) is 2.64. The number of piperidine rings is 1. The largest absolute Gasteiger partial charge is 0.481 e. The zero-order valence-electron chi connectivity index (χ0n) is 12.3. The van der Waals surface area contributed by atoms with E-state index in [1.165, 1.54) is 25.7 Å². The van der Waals surface area contributed by atoms with Crippen molar-refractivity contribution in [2.45, 2.75) is 57.9 Å². The van der Waals surface area contributed by atoms with Gasteiger partial charge in [-0.3, -0.25) is 9.59 Å². The molecule has 0 aromatic carbocycles. The third-order valence-corrected chi connectivity index (χ3v) is 5.95. The number of aliphatic carboxylic acids is 1. The number of carbonyl (C=O) groups is 2. The quantitative estimate of drug-likeness (QED) is 0.863. The summed E-state index contributed by atoms with van der Waals surface area (Å²) in [5, 5.41) is 9.24. The van der Waals surface area contributed by atoms with Crippen LogP contribution in [0.25, 0.3) is 0 Å². The summed E-state index contributed by atoms with van der Waals surface area (Å²) in [5.41, 5.74) is 0. The minimum atomic E-state index is -0.755. The predicted molar refractivity (Wildman–Crippen MR) is 75.1 cm³/mol. The highest BCUT2D eigenvalue weighted by molar-refractivity contribution is 5.79. The number of likely N-dealkylation sites (tertiary alicyclic amines) is 1. The molecule has 0 radical (unpaired) electrons. The molecule has 1 aliphatic heterocycles. The second-order valence-corrected chi connectivity index (χ2v) is 7.05. The molecule has 1 saturated heterocycles. The molecule has 4 heteroatoms. The molecule has 0 aromatic heterocycles. The predicted octanol–water partition coefficient (Wildman–Crippen LogP) is 2.52. The number of amides is 1. The summed E-state index contributed by atoms with van der Waals surface area (Å²) in [6.07, 6.45) is 7.38. The number of nitrogens with zero attached hydrogens (tertiary/aromatic N) is 1. The third-order valence-electron chi connectivity index (χ3n) is 5.95. The first-order valence-corrected chi connectivity index (χ1v) is 8.08. The Balaban J connectivity index is 1.60. The molecule has 4 nitrogen and oxygen atoms in total. The van der Waals surface area contributed by atoms with E-state index < -0.39 is 5.97 Å². The van der Waals surface area contributed by atoms with E-state index in [2.05, 4.69) is 0 Å². The highest BCUT2D eigenvalue weighted by atomic mass is 16.4. The molecule has 2 aliphatic carbocycles. The number of hydrogen-bond acceptors (Lipinski definition) is 2. The minimum Gasteiger partial charge on any atom is -0.481 e. The van der Waals surface area contributed by atoms with Gasteiger partial charge >= 0.3 is 5.97 Å². The van der Waals surface area contributed by atoms with Gasteiger partial charge in [-0.15, -0.1) is 0 Å². The number of fused-ring (bicyclic) bond motifs is 2. The lowest BCUT2D eigenvalue weighted by Gasteiger charge is -2.38. The van der Waals surface area contributed by atoms with Crippen molar-refractivity contribution in [3.05, 3.63) is 0 Å². The van der Waals surface area contributed by atoms with Crippen molar-refractivity contribution in [1.29, 1.82) is 0 Å². The Hall–Kier alpha value is -1.06. The molecule has 1 heterocycles. The van der Waals surface area contributed by atoms with Gasteiger partial charge in [0.25, 0.3) is 0 Å². The summed E-state index contributed by atoms with van der Waals surface area (Å²) in [5.74, 6) is 1.25. The maximum absolute atomic E-state index is 12.5. The van der Waals surface area contributed by atoms with Gasteiger partial charge in [0.05, 0.1) is 5.92 Å². The number of carboxylic acid groups (broad SMARTS) is 1. The molecule has 3 aliphatic rings. The van der Waals surface area contributed by atoms with Crippen LogP contribution in [-0.4, -0.2) is 34.5 Å². The zero-order chi connectivity index (χ0) is 14.3. The van der Waals surface area contributed by atoms with Crippen molar-refractivity contribution in [2.24, 2.45) is 23.7 Å². The van der Waals surface area contributed by atoms with E-state index in [4.69, 9.17) is 0 Å². The van der Waals surface area contributed by atoms with Crippen molar-refractivity contribution in [1.82, 2.24) is 4.90 Å². The van der Waals surface area contributed by atoms with Gasteiger partial charge in [0.1, 0.15) is 0 Å². The number of carboxylic acids is 1. The summed E-state index contributed by atoms with van der Waals surface area (Å²) in [6, 6.07) is -0.146. The van der Waals surface area contributed by atoms with Gasteiger partial charge < -0.3 is 10.0 Å². The van der Waals surface area contributed by atoms with Gasteiger partial charge in [-0.25, -0.2) is 0 Å². The normalized spacial score (nSPS) is 40.0. The van der Waals surface area contributed by atoms with Crippen LogP contribution in [0.2, 0.25) is 0 Å². The first-order valence-electron chi connectivity index (χ1n) is 8.08. The van der Waals surface area contributed by atoms with E-state index in [-0.39, 0.29) is 17.9 Å². The second kappa shape index (κ2) is 5.38. The zero-order valence-corrected chi connectivity index (χ0v) is 12.3. The van der Waals surface area contributed by atoms with E-state index in [1.807, 2.05) is 11.8 Å². The molecule has 2 bridgehead atoms. The van der Waals surface area contributed by atoms with E-state index in [0.29, 0.717) is 18.8 Å². The van der Waals surface area contributed by atoms with Gasteiger partial charge in [0.15, 0.2) is 0 Å². The van der Waals surface area contributed by atoms with E-state index >= 15 is 0 Å². The molecule has 1 N–H and O–H groups in total. The Kier molecular flexibility index (Phi) is 3.74. The van der Waals surface area contributed by atoms with Crippen LogP contribution in [0.4, 0.5) is 0 Å².